The lowest BCUT2D eigenvalue weighted by Crippen LogP contribution is -2.31. The molecule has 0 aliphatic rings. The molecule has 122 valence electrons. The number of nitrogens with one attached hydrogen (secondary N) is 1. The summed E-state index contributed by atoms with van der Waals surface area (Å²) in [4.78, 5) is 14.7. The minimum Gasteiger partial charge on any atom is -0.396 e. The van der Waals surface area contributed by atoms with Gasteiger partial charge < -0.3 is 10.4 Å². The van der Waals surface area contributed by atoms with Gasteiger partial charge in [-0.15, -0.1) is 0 Å². The van der Waals surface area contributed by atoms with Crippen molar-refractivity contribution in [3.63, 3.8) is 0 Å². The summed E-state index contributed by atoms with van der Waals surface area (Å²) in [5.74, 6) is 0.225. The number of aliphatic hydroxyl groups excluding tert-OH is 1. The Morgan fingerprint density at radius 2 is 1.96 bits per heavy atom. The second-order valence-electron chi connectivity index (χ2n) is 6.12. The van der Waals surface area contributed by atoms with Crippen LogP contribution in [0.4, 0.5) is 11.5 Å². The molecule has 1 aromatic heterocycles. The lowest BCUT2D eigenvalue weighted by atomic mass is 9.75. The van der Waals surface area contributed by atoms with Gasteiger partial charge in [-0.2, -0.15) is 0 Å². The molecule has 1 heterocycles. The lowest BCUT2D eigenvalue weighted by Gasteiger charge is -2.33. The number of nitro groups is 1. The Bertz CT molecular complexity index is 659. The molecule has 0 fully saturated rings. The van der Waals surface area contributed by atoms with Gasteiger partial charge in [-0.05, 0) is 17.0 Å². The Morgan fingerprint density at radius 3 is 2.57 bits per heavy atom. The Hall–Kier alpha value is -2.47. The average Bonchev–Trinajstić information content (AvgIpc) is 2.56. The highest BCUT2D eigenvalue weighted by Gasteiger charge is 2.30. The van der Waals surface area contributed by atoms with Crippen LogP contribution in [0.1, 0.15) is 25.3 Å². The molecule has 6 nitrogen and oxygen atoms in total. The predicted molar refractivity (Wildman–Crippen MR) is 89.4 cm³/mol. The maximum Gasteiger partial charge on any atom is 0.311 e. The fraction of sp³-hybridized carbons (Fsp3) is 0.353. The van der Waals surface area contributed by atoms with E-state index in [4.69, 9.17) is 0 Å². The summed E-state index contributed by atoms with van der Waals surface area (Å²) in [6, 6.07) is 12.8. The van der Waals surface area contributed by atoms with E-state index in [1.54, 1.807) is 0 Å². The molecule has 0 saturated carbocycles. The minimum absolute atomic E-state index is 0.0125. The number of nitrogens with zero attached hydrogens (tertiary/aromatic N) is 2. The number of benzene rings is 1. The second-order valence-corrected chi connectivity index (χ2v) is 6.12. The van der Waals surface area contributed by atoms with Crippen molar-refractivity contribution < 1.29 is 10.0 Å². The number of rotatable bonds is 7. The zero-order valence-corrected chi connectivity index (χ0v) is 13.3. The van der Waals surface area contributed by atoms with Crippen molar-refractivity contribution in [1.29, 1.82) is 0 Å². The lowest BCUT2D eigenvalue weighted by molar-refractivity contribution is -0.384. The minimum atomic E-state index is -0.454. The quantitative estimate of drug-likeness (QED) is 0.605. The molecule has 0 saturated heterocycles. The van der Waals surface area contributed by atoms with E-state index in [0.29, 0.717) is 6.54 Å². The monoisotopic (exact) mass is 315 g/mol. The fourth-order valence-electron chi connectivity index (χ4n) is 2.52. The van der Waals surface area contributed by atoms with E-state index in [2.05, 4.69) is 10.3 Å². The van der Waals surface area contributed by atoms with Crippen LogP contribution in [0.25, 0.3) is 0 Å². The maximum absolute atomic E-state index is 11.1. The molecule has 0 aliphatic carbocycles. The molecule has 23 heavy (non-hydrogen) atoms. The third-order valence-corrected chi connectivity index (χ3v) is 4.01. The third-order valence-electron chi connectivity index (χ3n) is 4.01. The molecule has 6 heteroatoms. The Labute approximate surface area is 135 Å². The smallest absolute Gasteiger partial charge is 0.311 e. The van der Waals surface area contributed by atoms with Gasteiger partial charge >= 0.3 is 5.69 Å². The van der Waals surface area contributed by atoms with Crippen LogP contribution in [0.5, 0.6) is 0 Å². The molecule has 1 atom stereocenters. The van der Waals surface area contributed by atoms with Crippen molar-refractivity contribution >= 4 is 11.5 Å². The molecule has 1 aromatic carbocycles. The van der Waals surface area contributed by atoms with Gasteiger partial charge in [0.15, 0.2) is 0 Å². The van der Waals surface area contributed by atoms with Gasteiger partial charge in [-0.25, -0.2) is 4.98 Å². The zero-order chi connectivity index (χ0) is 16.9. The van der Waals surface area contributed by atoms with Crippen LogP contribution >= 0.6 is 0 Å². The van der Waals surface area contributed by atoms with Gasteiger partial charge in [-0.3, -0.25) is 10.1 Å². The number of hydrogen-bond donors (Lipinski definition) is 2. The first-order valence-corrected chi connectivity index (χ1v) is 7.45. The molecule has 1 unspecified atom stereocenters. The van der Waals surface area contributed by atoms with Crippen molar-refractivity contribution in [2.75, 3.05) is 18.5 Å². The first-order valence-electron chi connectivity index (χ1n) is 7.45. The molecule has 2 aromatic rings. The highest BCUT2D eigenvalue weighted by Crippen LogP contribution is 2.35. The normalized spacial score (nSPS) is 12.7. The average molecular weight is 315 g/mol. The van der Waals surface area contributed by atoms with Crippen LogP contribution < -0.4 is 5.32 Å². The summed E-state index contributed by atoms with van der Waals surface area (Å²) in [5.41, 5.74) is 0.636. The first-order chi connectivity index (χ1) is 11.0. The van der Waals surface area contributed by atoms with Gasteiger partial charge in [0.25, 0.3) is 0 Å². The predicted octanol–water partition coefficient (Wildman–Crippen LogP) is 3.20. The third kappa shape index (κ3) is 4.04. The van der Waals surface area contributed by atoms with Crippen molar-refractivity contribution in [1.82, 2.24) is 4.98 Å². The summed E-state index contributed by atoms with van der Waals surface area (Å²) >= 11 is 0. The van der Waals surface area contributed by atoms with E-state index in [-0.39, 0.29) is 29.4 Å². The van der Waals surface area contributed by atoms with Gasteiger partial charge in [0.1, 0.15) is 0 Å². The van der Waals surface area contributed by atoms with E-state index in [1.165, 1.54) is 18.3 Å². The van der Waals surface area contributed by atoms with Crippen molar-refractivity contribution in [3.8, 4) is 0 Å². The van der Waals surface area contributed by atoms with E-state index in [1.807, 2.05) is 44.2 Å². The molecule has 0 radical (unpaired) electrons. The standard InChI is InChI=1S/C17H21N3O3/c1-17(2,12-21)14(13-7-4-3-5-8-13)11-19-16-15(20(22)23)9-6-10-18-16/h3-10,14,21H,11-12H2,1-2H3,(H,18,19). The van der Waals surface area contributed by atoms with Crippen molar-refractivity contribution in [2.24, 2.45) is 5.41 Å². The molecule has 2 rings (SSSR count). The summed E-state index contributed by atoms with van der Waals surface area (Å²) in [7, 11) is 0. The van der Waals surface area contributed by atoms with Crippen molar-refractivity contribution in [3.05, 3.63) is 64.3 Å². The van der Waals surface area contributed by atoms with E-state index >= 15 is 0 Å². The summed E-state index contributed by atoms with van der Waals surface area (Å²) in [5, 5.41) is 23.9. The van der Waals surface area contributed by atoms with Gasteiger partial charge in [0.05, 0.1) is 4.92 Å². The molecule has 0 aliphatic heterocycles. The Balaban J connectivity index is 2.25. The second kappa shape index (κ2) is 7.19. The van der Waals surface area contributed by atoms with E-state index < -0.39 is 4.92 Å². The Morgan fingerprint density at radius 1 is 1.26 bits per heavy atom. The summed E-state index contributed by atoms with van der Waals surface area (Å²) in [6.45, 7) is 4.40. The maximum atomic E-state index is 11.1. The summed E-state index contributed by atoms with van der Waals surface area (Å²) < 4.78 is 0. The number of aromatic nitrogens is 1. The van der Waals surface area contributed by atoms with Gasteiger partial charge in [-0.1, -0.05) is 44.2 Å². The van der Waals surface area contributed by atoms with Crippen molar-refractivity contribution in [2.45, 2.75) is 19.8 Å². The highest BCUT2D eigenvalue weighted by atomic mass is 16.6. The van der Waals surface area contributed by atoms with Gasteiger partial charge in [0.2, 0.25) is 5.82 Å². The van der Waals surface area contributed by atoms with Crippen LogP contribution in [0, 0.1) is 15.5 Å². The van der Waals surface area contributed by atoms with Crippen LogP contribution in [0.2, 0.25) is 0 Å². The zero-order valence-electron chi connectivity index (χ0n) is 13.3. The van der Waals surface area contributed by atoms with Gasteiger partial charge in [0, 0.05) is 31.3 Å². The van der Waals surface area contributed by atoms with Crippen LogP contribution in [-0.2, 0) is 0 Å². The van der Waals surface area contributed by atoms with Crippen LogP contribution in [-0.4, -0.2) is 28.2 Å². The summed E-state index contributed by atoms with van der Waals surface area (Å²) in [6.07, 6.45) is 1.52. The number of pyridine rings is 1. The molecule has 2 N–H and O–H groups in total. The Kier molecular flexibility index (Phi) is 5.28. The molecular formula is C17H21N3O3. The highest BCUT2D eigenvalue weighted by molar-refractivity contribution is 5.55. The number of hydrogen-bond acceptors (Lipinski definition) is 5. The van der Waals surface area contributed by atoms with E-state index in [9.17, 15) is 15.2 Å². The molecule has 0 amide bonds. The van der Waals surface area contributed by atoms with Crippen LogP contribution in [0.15, 0.2) is 48.7 Å². The van der Waals surface area contributed by atoms with Crippen LogP contribution in [0.3, 0.4) is 0 Å². The first kappa shape index (κ1) is 16.9. The number of aliphatic hydroxyl groups is 1. The molecule has 0 bridgehead atoms. The van der Waals surface area contributed by atoms with E-state index in [0.717, 1.165) is 5.56 Å². The molecule has 0 spiro atoms. The fourth-order valence-corrected chi connectivity index (χ4v) is 2.52. The topological polar surface area (TPSA) is 88.3 Å². The SMILES string of the molecule is CC(C)(CO)C(CNc1ncccc1[N+](=O)[O-])c1ccccc1. The number of anilines is 1. The largest absolute Gasteiger partial charge is 0.396 e. The molecular weight excluding hydrogens is 294 g/mol.